The number of alkyl halides is 1. The summed E-state index contributed by atoms with van der Waals surface area (Å²) in [6, 6.07) is 9.44. The maximum absolute atomic E-state index is 15.6. The van der Waals surface area contributed by atoms with Crippen molar-refractivity contribution in [1.29, 1.82) is 0 Å². The molecule has 3 aromatic rings. The highest BCUT2D eigenvalue weighted by molar-refractivity contribution is 6.05. The molecule has 2 aliphatic rings. The van der Waals surface area contributed by atoms with Crippen LogP contribution in [0.3, 0.4) is 0 Å². The lowest BCUT2D eigenvalue weighted by molar-refractivity contribution is 0.0150. The van der Waals surface area contributed by atoms with Crippen LogP contribution in [0.4, 0.5) is 4.39 Å². The van der Waals surface area contributed by atoms with Crippen LogP contribution in [0.2, 0.25) is 0 Å². The van der Waals surface area contributed by atoms with Crippen molar-refractivity contribution < 1.29 is 13.7 Å². The zero-order valence-corrected chi connectivity index (χ0v) is 14.8. The normalized spacial score (nSPS) is 22.9. The molecule has 1 saturated carbocycles. The van der Waals surface area contributed by atoms with E-state index in [1.165, 1.54) is 4.90 Å². The number of piperidine rings is 1. The van der Waals surface area contributed by atoms with Gasteiger partial charge in [-0.2, -0.15) is 4.98 Å². The van der Waals surface area contributed by atoms with Gasteiger partial charge in [0, 0.05) is 24.0 Å². The van der Waals surface area contributed by atoms with Gasteiger partial charge in [0.1, 0.15) is 5.69 Å². The number of benzene rings is 1. The number of hydrogen-bond acceptors (Lipinski definition) is 5. The van der Waals surface area contributed by atoms with E-state index in [9.17, 15) is 4.79 Å². The van der Waals surface area contributed by atoms with Crippen molar-refractivity contribution >= 4 is 16.7 Å². The van der Waals surface area contributed by atoms with E-state index in [4.69, 9.17) is 4.52 Å². The third-order valence-electron chi connectivity index (χ3n) is 5.37. The Hall–Kier alpha value is -2.83. The lowest BCUT2D eigenvalue weighted by Crippen LogP contribution is -2.46. The average Bonchev–Trinajstić information content (AvgIpc) is 3.43. The zero-order valence-electron chi connectivity index (χ0n) is 14.8. The molecule has 7 heteroatoms. The van der Waals surface area contributed by atoms with Crippen molar-refractivity contribution in [1.82, 2.24) is 20.0 Å². The second-order valence-corrected chi connectivity index (χ2v) is 7.41. The molecule has 5 rings (SSSR count). The number of nitrogens with zero attached hydrogens (tertiary/aromatic N) is 4. The van der Waals surface area contributed by atoms with Gasteiger partial charge in [0.15, 0.2) is 5.82 Å². The molecule has 1 aliphatic carbocycles. The summed E-state index contributed by atoms with van der Waals surface area (Å²) in [7, 11) is 0. The van der Waals surface area contributed by atoms with Crippen molar-refractivity contribution in [2.45, 2.75) is 37.3 Å². The third kappa shape index (κ3) is 2.87. The smallest absolute Gasteiger partial charge is 0.273 e. The molecule has 1 aromatic carbocycles. The first kappa shape index (κ1) is 16.4. The number of pyridine rings is 1. The molecule has 2 fully saturated rings. The molecule has 0 N–H and O–H groups in total. The topological polar surface area (TPSA) is 72.1 Å². The Balaban J connectivity index is 1.43. The van der Waals surface area contributed by atoms with E-state index in [2.05, 4.69) is 15.1 Å². The Kier molecular flexibility index (Phi) is 3.70. The molecule has 6 nitrogen and oxygen atoms in total. The molecule has 0 bridgehead atoms. The molecule has 0 spiro atoms. The summed E-state index contributed by atoms with van der Waals surface area (Å²) >= 11 is 0. The Morgan fingerprint density at radius 3 is 2.96 bits per heavy atom. The zero-order chi connectivity index (χ0) is 18.4. The lowest BCUT2D eigenvalue weighted by Gasteiger charge is -2.35. The highest BCUT2D eigenvalue weighted by Gasteiger charge is 2.45. The summed E-state index contributed by atoms with van der Waals surface area (Å²) in [5.41, 5.74) is -1.46. The largest absolute Gasteiger partial charge is 0.336 e. The molecule has 1 saturated heterocycles. The second kappa shape index (κ2) is 6.11. The molecule has 1 atom stereocenters. The minimum Gasteiger partial charge on any atom is -0.336 e. The van der Waals surface area contributed by atoms with Crippen LogP contribution in [0.1, 0.15) is 53.8 Å². The Bertz CT molecular complexity index is 1010. The van der Waals surface area contributed by atoms with E-state index in [0.29, 0.717) is 30.4 Å². The number of carbonyl (C=O) groups excluding carboxylic acids is 1. The van der Waals surface area contributed by atoms with Crippen LogP contribution in [0.15, 0.2) is 41.1 Å². The quantitative estimate of drug-likeness (QED) is 0.708. The molecular formula is C20H19FN4O2. The highest BCUT2D eigenvalue weighted by Crippen LogP contribution is 2.41. The second-order valence-electron chi connectivity index (χ2n) is 7.41. The maximum atomic E-state index is 15.6. The third-order valence-corrected chi connectivity index (χ3v) is 5.37. The predicted octanol–water partition coefficient (Wildman–Crippen LogP) is 3.60. The van der Waals surface area contributed by atoms with Gasteiger partial charge in [-0.25, -0.2) is 4.39 Å². The summed E-state index contributed by atoms with van der Waals surface area (Å²) in [5, 5.41) is 5.63. The first-order valence-electron chi connectivity index (χ1n) is 9.30. The van der Waals surface area contributed by atoms with Gasteiger partial charge in [-0.05, 0) is 37.1 Å². The summed E-state index contributed by atoms with van der Waals surface area (Å²) in [4.78, 5) is 23.2. The first-order valence-corrected chi connectivity index (χ1v) is 9.30. The summed E-state index contributed by atoms with van der Waals surface area (Å²) in [5.74, 6) is 0.608. The molecule has 1 unspecified atom stereocenters. The molecular weight excluding hydrogens is 347 g/mol. The number of carbonyl (C=O) groups is 1. The summed E-state index contributed by atoms with van der Waals surface area (Å²) in [6.07, 6.45) is 4.47. The predicted molar refractivity (Wildman–Crippen MR) is 95.9 cm³/mol. The van der Waals surface area contributed by atoms with Crippen molar-refractivity contribution in [3.63, 3.8) is 0 Å². The maximum Gasteiger partial charge on any atom is 0.273 e. The number of aromatic nitrogens is 3. The number of halogens is 1. The van der Waals surface area contributed by atoms with Crippen molar-refractivity contribution in [3.8, 4) is 0 Å². The fourth-order valence-electron chi connectivity index (χ4n) is 3.72. The molecule has 27 heavy (non-hydrogen) atoms. The van der Waals surface area contributed by atoms with Gasteiger partial charge in [-0.3, -0.25) is 9.78 Å². The Morgan fingerprint density at radius 2 is 2.11 bits per heavy atom. The van der Waals surface area contributed by atoms with Crippen LogP contribution in [0.25, 0.3) is 10.8 Å². The van der Waals surface area contributed by atoms with Gasteiger partial charge in [0.05, 0.1) is 6.54 Å². The van der Waals surface area contributed by atoms with Crippen LogP contribution in [0, 0.1) is 0 Å². The highest BCUT2D eigenvalue weighted by atomic mass is 19.1. The minimum atomic E-state index is -1.81. The van der Waals surface area contributed by atoms with Gasteiger partial charge in [0.25, 0.3) is 11.8 Å². The fourth-order valence-corrected chi connectivity index (χ4v) is 3.72. The van der Waals surface area contributed by atoms with Crippen LogP contribution < -0.4 is 0 Å². The van der Waals surface area contributed by atoms with Gasteiger partial charge in [-0.1, -0.05) is 29.4 Å². The SMILES string of the molecule is O=C(c1nccc2ccccc12)N1CCCC(F)(c2nc(C3CC3)no2)C1. The van der Waals surface area contributed by atoms with Gasteiger partial charge in [-0.15, -0.1) is 0 Å². The van der Waals surface area contributed by atoms with E-state index < -0.39 is 5.67 Å². The minimum absolute atomic E-state index is 0.00669. The Labute approximate surface area is 155 Å². The lowest BCUT2D eigenvalue weighted by atomic mass is 9.94. The molecule has 2 aromatic heterocycles. The van der Waals surface area contributed by atoms with E-state index >= 15 is 4.39 Å². The molecule has 138 valence electrons. The van der Waals surface area contributed by atoms with Crippen LogP contribution in [-0.4, -0.2) is 39.0 Å². The average molecular weight is 366 g/mol. The van der Waals surface area contributed by atoms with E-state index in [-0.39, 0.29) is 24.8 Å². The Morgan fingerprint density at radius 1 is 1.26 bits per heavy atom. The molecule has 1 amide bonds. The van der Waals surface area contributed by atoms with E-state index in [1.54, 1.807) is 6.20 Å². The van der Waals surface area contributed by atoms with E-state index in [0.717, 1.165) is 23.6 Å². The van der Waals surface area contributed by atoms with Crippen molar-refractivity contribution in [2.24, 2.45) is 0 Å². The van der Waals surface area contributed by atoms with Gasteiger partial charge < -0.3 is 9.42 Å². The number of rotatable bonds is 3. The monoisotopic (exact) mass is 366 g/mol. The van der Waals surface area contributed by atoms with Crippen LogP contribution >= 0.6 is 0 Å². The number of likely N-dealkylation sites (tertiary alicyclic amines) is 1. The number of fused-ring (bicyclic) bond motifs is 1. The molecule has 3 heterocycles. The standard InChI is InChI=1S/C20H19FN4O2/c21-20(19-23-17(24-27-19)14-6-7-14)9-3-11-25(12-20)18(26)16-15-5-2-1-4-13(15)8-10-22-16/h1-2,4-5,8,10,14H,3,6-7,9,11-12H2. The number of amides is 1. The fraction of sp³-hybridized carbons (Fsp3) is 0.400. The van der Waals surface area contributed by atoms with Crippen molar-refractivity contribution in [3.05, 3.63) is 53.9 Å². The van der Waals surface area contributed by atoms with Crippen molar-refractivity contribution in [2.75, 3.05) is 13.1 Å². The van der Waals surface area contributed by atoms with Gasteiger partial charge in [0.2, 0.25) is 5.67 Å². The van der Waals surface area contributed by atoms with Gasteiger partial charge >= 0.3 is 0 Å². The van der Waals surface area contributed by atoms with E-state index in [1.807, 2.05) is 30.3 Å². The first-order chi connectivity index (χ1) is 13.1. The van der Waals surface area contributed by atoms with Crippen LogP contribution in [-0.2, 0) is 5.67 Å². The molecule has 1 aliphatic heterocycles. The van der Waals surface area contributed by atoms with Crippen LogP contribution in [0.5, 0.6) is 0 Å². The molecule has 0 radical (unpaired) electrons. The summed E-state index contributed by atoms with van der Waals surface area (Å²) < 4.78 is 20.9. The summed E-state index contributed by atoms with van der Waals surface area (Å²) in [6.45, 7) is 0.391. The number of hydrogen-bond donors (Lipinski definition) is 0.